The van der Waals surface area contributed by atoms with Gasteiger partial charge in [0.2, 0.25) is 0 Å². The fraction of sp³-hybridized carbons (Fsp3) is 0.500. The average Bonchev–Trinajstić information content (AvgIpc) is 2.41. The maximum Gasteiger partial charge on any atom is 0.387 e. The summed E-state index contributed by atoms with van der Waals surface area (Å²) in [4.78, 5) is 4.67. The van der Waals surface area contributed by atoms with E-state index in [1.165, 1.54) is 6.07 Å². The second kappa shape index (κ2) is 6.43. The van der Waals surface area contributed by atoms with Crippen LogP contribution < -0.4 is 10.1 Å². The lowest BCUT2D eigenvalue weighted by Crippen LogP contribution is -2.29. The van der Waals surface area contributed by atoms with E-state index >= 15 is 0 Å². The third-order valence-corrected chi connectivity index (χ3v) is 4.23. The quantitative estimate of drug-likeness (QED) is 0.897. The molecule has 6 heteroatoms. The van der Waals surface area contributed by atoms with Crippen molar-refractivity contribution in [3.05, 3.63) is 24.3 Å². The first kappa shape index (κ1) is 15.1. The number of hydrogen-bond donors (Lipinski definition) is 1. The van der Waals surface area contributed by atoms with Crippen molar-refractivity contribution < 1.29 is 13.5 Å². The summed E-state index contributed by atoms with van der Waals surface area (Å²) in [7, 11) is 0. The Balaban J connectivity index is 2.17. The number of ether oxygens (including phenoxy) is 1. The third-order valence-electron chi connectivity index (χ3n) is 3.36. The van der Waals surface area contributed by atoms with Gasteiger partial charge in [-0.05, 0) is 31.9 Å². The number of hydrogen-bond acceptors (Lipinski definition) is 4. The summed E-state index contributed by atoms with van der Waals surface area (Å²) in [5.41, 5.74) is 0.436. The zero-order valence-corrected chi connectivity index (χ0v) is 12.3. The monoisotopic (exact) mass is 300 g/mol. The predicted octanol–water partition coefficient (Wildman–Crippen LogP) is 4.36. The molecule has 1 aliphatic rings. The number of nitrogens with one attached hydrogen (secondary N) is 1. The van der Waals surface area contributed by atoms with Gasteiger partial charge in [-0.3, -0.25) is 4.99 Å². The highest BCUT2D eigenvalue weighted by atomic mass is 32.2. The van der Waals surface area contributed by atoms with Crippen LogP contribution in [0.1, 0.15) is 26.7 Å². The molecule has 0 aliphatic carbocycles. The maximum atomic E-state index is 12.4. The average molecular weight is 300 g/mol. The zero-order valence-electron chi connectivity index (χ0n) is 11.5. The van der Waals surface area contributed by atoms with Crippen LogP contribution in [0.3, 0.4) is 0 Å². The van der Waals surface area contributed by atoms with Crippen molar-refractivity contribution >= 4 is 22.6 Å². The van der Waals surface area contributed by atoms with E-state index in [0.29, 0.717) is 5.69 Å². The van der Waals surface area contributed by atoms with Gasteiger partial charge < -0.3 is 10.1 Å². The molecule has 0 spiro atoms. The third kappa shape index (κ3) is 3.85. The van der Waals surface area contributed by atoms with Gasteiger partial charge in [0.1, 0.15) is 5.75 Å². The number of thioether (sulfide) groups is 1. The first-order valence-electron chi connectivity index (χ1n) is 6.56. The van der Waals surface area contributed by atoms with Gasteiger partial charge in [0.15, 0.2) is 5.17 Å². The summed E-state index contributed by atoms with van der Waals surface area (Å²) in [5.74, 6) is 1.10. The standard InChI is InChI=1S/C14H18F2N2OS/c1-3-14(2)8-9-20-13(18-14)17-10-6-4-5-7-11(10)19-12(15)16/h4-7,12H,3,8-9H2,1-2H3,(H,17,18). The summed E-state index contributed by atoms with van der Waals surface area (Å²) in [6.45, 7) is 1.38. The molecule has 1 N–H and O–H groups in total. The van der Waals surface area contributed by atoms with Gasteiger partial charge in [-0.25, -0.2) is 0 Å². The molecule has 2 rings (SSSR count). The van der Waals surface area contributed by atoms with Gasteiger partial charge >= 0.3 is 6.61 Å². The highest BCUT2D eigenvalue weighted by Gasteiger charge is 2.26. The van der Waals surface area contributed by atoms with Crippen LogP contribution in [0.4, 0.5) is 14.5 Å². The Morgan fingerprint density at radius 3 is 2.90 bits per heavy atom. The number of para-hydroxylation sites is 2. The molecule has 20 heavy (non-hydrogen) atoms. The number of anilines is 1. The van der Waals surface area contributed by atoms with Gasteiger partial charge in [-0.2, -0.15) is 8.78 Å². The number of rotatable bonds is 4. The largest absolute Gasteiger partial charge is 0.433 e. The van der Waals surface area contributed by atoms with E-state index in [-0.39, 0.29) is 11.3 Å². The van der Waals surface area contributed by atoms with Crippen molar-refractivity contribution in [1.29, 1.82) is 0 Å². The first-order valence-corrected chi connectivity index (χ1v) is 7.54. The molecule has 0 saturated heterocycles. The summed E-state index contributed by atoms with van der Waals surface area (Å²) in [6.07, 6.45) is 1.97. The number of aliphatic imine (C=N–C) groups is 1. The molecule has 1 aromatic rings. The van der Waals surface area contributed by atoms with E-state index in [0.717, 1.165) is 23.8 Å². The first-order chi connectivity index (χ1) is 9.52. The Labute approximate surface area is 121 Å². The number of alkyl halides is 2. The summed E-state index contributed by atoms with van der Waals surface area (Å²) in [5, 5.41) is 3.85. The SMILES string of the molecule is CCC1(C)CCSC(Nc2ccccc2OC(F)F)=N1. The van der Waals surface area contributed by atoms with Crippen LogP contribution in [0, 0.1) is 0 Å². The Kier molecular flexibility index (Phi) is 4.86. The van der Waals surface area contributed by atoms with E-state index in [9.17, 15) is 8.78 Å². The van der Waals surface area contributed by atoms with Crippen molar-refractivity contribution in [3.8, 4) is 5.75 Å². The van der Waals surface area contributed by atoms with Crippen molar-refractivity contribution in [3.63, 3.8) is 0 Å². The maximum absolute atomic E-state index is 12.4. The Hall–Kier alpha value is -1.30. The van der Waals surface area contributed by atoms with Gasteiger partial charge in [0, 0.05) is 5.75 Å². The van der Waals surface area contributed by atoms with Crippen molar-refractivity contribution in [2.75, 3.05) is 11.1 Å². The molecule has 0 amide bonds. The molecule has 0 saturated carbocycles. The topological polar surface area (TPSA) is 33.6 Å². The normalized spacial score (nSPS) is 22.6. The smallest absolute Gasteiger partial charge is 0.387 e. The molecule has 0 bridgehead atoms. The zero-order chi connectivity index (χ0) is 14.6. The van der Waals surface area contributed by atoms with Gasteiger partial charge in [-0.15, -0.1) is 0 Å². The minimum Gasteiger partial charge on any atom is -0.433 e. The van der Waals surface area contributed by atoms with Crippen LogP contribution in [0.5, 0.6) is 5.75 Å². The molecular formula is C14H18F2N2OS. The number of amidine groups is 1. The number of nitrogens with zero attached hydrogens (tertiary/aromatic N) is 1. The second-order valence-electron chi connectivity index (χ2n) is 4.87. The molecule has 0 radical (unpaired) electrons. The lowest BCUT2D eigenvalue weighted by atomic mass is 9.97. The minimum absolute atomic E-state index is 0.0773. The fourth-order valence-corrected chi connectivity index (χ4v) is 3.11. The number of benzene rings is 1. The lowest BCUT2D eigenvalue weighted by Gasteiger charge is -2.29. The van der Waals surface area contributed by atoms with Crippen LogP contribution in [-0.4, -0.2) is 23.1 Å². The fourth-order valence-electron chi connectivity index (χ4n) is 1.90. The van der Waals surface area contributed by atoms with Crippen molar-refractivity contribution in [2.24, 2.45) is 4.99 Å². The molecule has 1 unspecified atom stereocenters. The Morgan fingerprint density at radius 2 is 2.20 bits per heavy atom. The Bertz CT molecular complexity index is 496. The molecule has 0 fully saturated rings. The van der Waals surface area contributed by atoms with Crippen LogP contribution in [0.25, 0.3) is 0 Å². The van der Waals surface area contributed by atoms with E-state index in [1.807, 2.05) is 0 Å². The molecule has 3 nitrogen and oxygen atoms in total. The van der Waals surface area contributed by atoms with Gasteiger partial charge in [0.25, 0.3) is 0 Å². The van der Waals surface area contributed by atoms with Crippen LogP contribution >= 0.6 is 11.8 Å². The molecule has 110 valence electrons. The predicted molar refractivity (Wildman–Crippen MR) is 79.9 cm³/mol. The van der Waals surface area contributed by atoms with E-state index < -0.39 is 6.61 Å². The van der Waals surface area contributed by atoms with E-state index in [1.54, 1.807) is 30.0 Å². The van der Waals surface area contributed by atoms with Gasteiger partial charge in [-0.1, -0.05) is 30.8 Å². The van der Waals surface area contributed by atoms with E-state index in [4.69, 9.17) is 0 Å². The van der Waals surface area contributed by atoms with Crippen LogP contribution in [0.15, 0.2) is 29.3 Å². The highest BCUT2D eigenvalue weighted by Crippen LogP contribution is 2.32. The lowest BCUT2D eigenvalue weighted by molar-refractivity contribution is -0.0493. The molecule has 1 atom stereocenters. The molecule has 1 aromatic carbocycles. The summed E-state index contributed by atoms with van der Waals surface area (Å²) < 4.78 is 29.2. The van der Waals surface area contributed by atoms with Crippen molar-refractivity contribution in [2.45, 2.75) is 38.8 Å². The summed E-state index contributed by atoms with van der Waals surface area (Å²) in [6, 6.07) is 6.66. The molecular weight excluding hydrogens is 282 g/mol. The number of halogens is 2. The summed E-state index contributed by atoms with van der Waals surface area (Å²) >= 11 is 1.60. The highest BCUT2D eigenvalue weighted by molar-refractivity contribution is 8.14. The molecule has 0 aromatic heterocycles. The second-order valence-corrected chi connectivity index (χ2v) is 5.95. The van der Waals surface area contributed by atoms with Gasteiger partial charge in [0.05, 0.1) is 11.2 Å². The minimum atomic E-state index is -2.83. The molecule has 1 aliphatic heterocycles. The molecule has 1 heterocycles. The van der Waals surface area contributed by atoms with Crippen molar-refractivity contribution in [1.82, 2.24) is 0 Å². The Morgan fingerprint density at radius 1 is 1.45 bits per heavy atom. The van der Waals surface area contributed by atoms with E-state index in [2.05, 4.69) is 28.9 Å². The van der Waals surface area contributed by atoms with Crippen LogP contribution in [0.2, 0.25) is 0 Å². The van der Waals surface area contributed by atoms with Crippen LogP contribution in [-0.2, 0) is 0 Å².